The summed E-state index contributed by atoms with van der Waals surface area (Å²) in [5.74, 6) is 0.775. The molecule has 0 aliphatic carbocycles. The number of nitrogens with one attached hydrogen (secondary N) is 1. The summed E-state index contributed by atoms with van der Waals surface area (Å²) < 4.78 is 0. The smallest absolute Gasteiger partial charge is 0.0346 e. The zero-order chi connectivity index (χ0) is 15.4. The maximum Gasteiger partial charge on any atom is 0.0346 e. The number of benzene rings is 1. The van der Waals surface area contributed by atoms with Crippen LogP contribution in [-0.2, 0) is 6.54 Å². The van der Waals surface area contributed by atoms with E-state index in [-0.39, 0.29) is 0 Å². The molecule has 1 N–H and O–H groups in total. The zero-order valence-corrected chi connectivity index (χ0v) is 13.8. The lowest BCUT2D eigenvalue weighted by Crippen LogP contribution is -2.43. The van der Waals surface area contributed by atoms with Crippen LogP contribution in [0.1, 0.15) is 32.3 Å². The molecule has 0 amide bonds. The average molecular weight is 297 g/mol. The molecular weight excluding hydrogens is 270 g/mol. The molecule has 0 bridgehead atoms. The molecule has 1 saturated heterocycles. The largest absolute Gasteiger partial charge is 0.310 e. The van der Waals surface area contributed by atoms with Gasteiger partial charge in [-0.15, -0.1) is 0 Å². The highest BCUT2D eigenvalue weighted by Gasteiger charge is 2.18. The van der Waals surface area contributed by atoms with Gasteiger partial charge in [-0.1, -0.05) is 26.0 Å². The quantitative estimate of drug-likeness (QED) is 0.916. The lowest BCUT2D eigenvalue weighted by atomic mass is 10.0. The summed E-state index contributed by atoms with van der Waals surface area (Å²) in [6.07, 6.45) is 6.33. The number of aromatic nitrogens is 1. The first-order valence-electron chi connectivity index (χ1n) is 8.49. The Morgan fingerprint density at radius 2 is 2.00 bits per heavy atom. The topological polar surface area (TPSA) is 28.2 Å². The second-order valence-electron chi connectivity index (χ2n) is 6.91. The standard InChI is InChI=1S/C19H27N3/c1-15(2)14-22-9-6-19(7-10-22)21-12-16-3-4-18-13-20-8-5-17(18)11-16/h3-5,8,11,13,15,19,21H,6-7,9-10,12,14H2,1-2H3. The van der Waals surface area contributed by atoms with Crippen LogP contribution < -0.4 is 5.32 Å². The van der Waals surface area contributed by atoms with E-state index < -0.39 is 0 Å². The van der Waals surface area contributed by atoms with Crippen LogP contribution in [0, 0.1) is 5.92 Å². The van der Waals surface area contributed by atoms with E-state index in [1.54, 1.807) is 0 Å². The summed E-state index contributed by atoms with van der Waals surface area (Å²) in [6.45, 7) is 9.29. The van der Waals surface area contributed by atoms with E-state index >= 15 is 0 Å². The first-order valence-corrected chi connectivity index (χ1v) is 8.49. The molecule has 3 heteroatoms. The number of likely N-dealkylation sites (tertiary alicyclic amines) is 1. The maximum atomic E-state index is 4.17. The molecule has 3 nitrogen and oxygen atoms in total. The van der Waals surface area contributed by atoms with Crippen molar-refractivity contribution >= 4 is 10.8 Å². The fraction of sp³-hybridized carbons (Fsp3) is 0.526. The highest BCUT2D eigenvalue weighted by Crippen LogP contribution is 2.16. The third-order valence-electron chi connectivity index (χ3n) is 4.51. The highest BCUT2D eigenvalue weighted by molar-refractivity contribution is 5.81. The Bertz CT molecular complexity index is 600. The summed E-state index contributed by atoms with van der Waals surface area (Å²) >= 11 is 0. The average Bonchev–Trinajstić information content (AvgIpc) is 2.53. The van der Waals surface area contributed by atoms with E-state index in [9.17, 15) is 0 Å². The van der Waals surface area contributed by atoms with Crippen molar-refractivity contribution in [1.82, 2.24) is 15.2 Å². The van der Waals surface area contributed by atoms with Crippen LogP contribution in [0.15, 0.2) is 36.7 Å². The molecule has 0 unspecified atom stereocenters. The van der Waals surface area contributed by atoms with Gasteiger partial charge in [0.15, 0.2) is 0 Å². The van der Waals surface area contributed by atoms with Crippen LogP contribution in [0.2, 0.25) is 0 Å². The Kier molecular flexibility index (Phi) is 5.06. The van der Waals surface area contributed by atoms with Gasteiger partial charge in [0, 0.05) is 36.9 Å². The van der Waals surface area contributed by atoms with Gasteiger partial charge in [-0.25, -0.2) is 0 Å². The minimum Gasteiger partial charge on any atom is -0.310 e. The summed E-state index contributed by atoms with van der Waals surface area (Å²) in [7, 11) is 0. The van der Waals surface area contributed by atoms with Crippen LogP contribution in [0.3, 0.4) is 0 Å². The molecule has 0 atom stereocenters. The SMILES string of the molecule is CC(C)CN1CCC(NCc2ccc3cnccc3c2)CC1. The van der Waals surface area contributed by atoms with Crippen LogP contribution >= 0.6 is 0 Å². The minimum atomic E-state index is 0.663. The zero-order valence-electron chi connectivity index (χ0n) is 13.8. The molecule has 1 aliphatic heterocycles. The fourth-order valence-corrected chi connectivity index (χ4v) is 3.34. The van der Waals surface area contributed by atoms with Gasteiger partial charge >= 0.3 is 0 Å². The van der Waals surface area contributed by atoms with Crippen molar-refractivity contribution in [3.05, 3.63) is 42.2 Å². The molecule has 1 aliphatic rings. The van der Waals surface area contributed by atoms with Gasteiger partial charge in [0.25, 0.3) is 0 Å². The molecule has 0 saturated carbocycles. The number of pyridine rings is 1. The van der Waals surface area contributed by atoms with Crippen molar-refractivity contribution in [3.63, 3.8) is 0 Å². The van der Waals surface area contributed by atoms with Crippen molar-refractivity contribution in [1.29, 1.82) is 0 Å². The summed E-state index contributed by atoms with van der Waals surface area (Å²) in [4.78, 5) is 6.77. The van der Waals surface area contributed by atoms with Crippen molar-refractivity contribution in [2.45, 2.75) is 39.3 Å². The van der Waals surface area contributed by atoms with Gasteiger partial charge in [-0.3, -0.25) is 4.98 Å². The molecule has 1 aromatic carbocycles. The molecule has 3 rings (SSSR count). The molecule has 2 aromatic rings. The molecule has 1 fully saturated rings. The molecule has 1 aromatic heterocycles. The van der Waals surface area contributed by atoms with Gasteiger partial charge in [0.05, 0.1) is 0 Å². The Balaban J connectivity index is 1.50. The predicted octanol–water partition coefficient (Wildman–Crippen LogP) is 3.44. The second-order valence-corrected chi connectivity index (χ2v) is 6.91. The summed E-state index contributed by atoms with van der Waals surface area (Å²) in [6, 6.07) is 9.41. The third kappa shape index (κ3) is 4.05. The molecule has 0 spiro atoms. The van der Waals surface area contributed by atoms with Gasteiger partial charge in [-0.2, -0.15) is 0 Å². The Labute approximate surface area is 133 Å². The maximum absolute atomic E-state index is 4.17. The lowest BCUT2D eigenvalue weighted by Gasteiger charge is -2.33. The Morgan fingerprint density at radius 3 is 2.77 bits per heavy atom. The molecule has 22 heavy (non-hydrogen) atoms. The van der Waals surface area contributed by atoms with Gasteiger partial charge in [-0.05, 0) is 54.9 Å². The van der Waals surface area contributed by atoms with Crippen LogP contribution in [-0.4, -0.2) is 35.6 Å². The van der Waals surface area contributed by atoms with E-state index in [1.165, 1.54) is 48.8 Å². The van der Waals surface area contributed by atoms with Crippen molar-refractivity contribution in [2.75, 3.05) is 19.6 Å². The van der Waals surface area contributed by atoms with E-state index in [0.717, 1.165) is 12.5 Å². The minimum absolute atomic E-state index is 0.663. The van der Waals surface area contributed by atoms with Crippen LogP contribution in [0.25, 0.3) is 10.8 Å². The van der Waals surface area contributed by atoms with Crippen LogP contribution in [0.5, 0.6) is 0 Å². The molecule has 118 valence electrons. The predicted molar refractivity (Wildman–Crippen MR) is 92.9 cm³/mol. The Hall–Kier alpha value is -1.45. The number of hydrogen-bond acceptors (Lipinski definition) is 3. The van der Waals surface area contributed by atoms with Crippen molar-refractivity contribution in [3.8, 4) is 0 Å². The number of nitrogens with zero attached hydrogens (tertiary/aromatic N) is 2. The monoisotopic (exact) mass is 297 g/mol. The van der Waals surface area contributed by atoms with E-state index in [2.05, 4.69) is 53.3 Å². The van der Waals surface area contributed by atoms with E-state index in [1.807, 2.05) is 12.4 Å². The number of rotatable bonds is 5. The van der Waals surface area contributed by atoms with Gasteiger partial charge in [0.1, 0.15) is 0 Å². The number of hydrogen-bond donors (Lipinski definition) is 1. The Morgan fingerprint density at radius 1 is 1.18 bits per heavy atom. The van der Waals surface area contributed by atoms with E-state index in [4.69, 9.17) is 0 Å². The fourth-order valence-electron chi connectivity index (χ4n) is 3.34. The molecule has 2 heterocycles. The first-order chi connectivity index (χ1) is 10.7. The molecule has 0 radical (unpaired) electrons. The number of piperidine rings is 1. The summed E-state index contributed by atoms with van der Waals surface area (Å²) in [5, 5.41) is 6.23. The van der Waals surface area contributed by atoms with Crippen molar-refractivity contribution < 1.29 is 0 Å². The van der Waals surface area contributed by atoms with Gasteiger partial charge < -0.3 is 10.2 Å². The van der Waals surface area contributed by atoms with E-state index in [0.29, 0.717) is 6.04 Å². The first kappa shape index (κ1) is 15.4. The summed E-state index contributed by atoms with van der Waals surface area (Å²) in [5.41, 5.74) is 1.36. The van der Waals surface area contributed by atoms with Crippen molar-refractivity contribution in [2.24, 2.45) is 5.92 Å². The third-order valence-corrected chi connectivity index (χ3v) is 4.51. The second kappa shape index (κ2) is 7.21. The normalized spacial score (nSPS) is 17.4. The van der Waals surface area contributed by atoms with Gasteiger partial charge in [0.2, 0.25) is 0 Å². The molecular formula is C19H27N3. The number of fused-ring (bicyclic) bond motifs is 1. The lowest BCUT2D eigenvalue weighted by molar-refractivity contribution is 0.179. The highest BCUT2D eigenvalue weighted by atomic mass is 15.1. The van der Waals surface area contributed by atoms with Crippen LogP contribution in [0.4, 0.5) is 0 Å².